The van der Waals surface area contributed by atoms with Gasteiger partial charge in [-0.25, -0.2) is 19.4 Å². The molecule has 41 heavy (non-hydrogen) atoms. The maximum Gasteiger partial charge on any atom is 0.225 e. The number of anilines is 1. The second kappa shape index (κ2) is 11.7. The molecule has 0 amide bonds. The molecule has 0 spiro atoms. The Morgan fingerprint density at radius 1 is 1.05 bits per heavy atom. The number of nitrogens with one attached hydrogen (secondary N) is 1. The Morgan fingerprint density at radius 3 is 2.68 bits per heavy atom. The molecule has 0 aliphatic carbocycles. The van der Waals surface area contributed by atoms with Gasteiger partial charge < -0.3 is 19.9 Å². The third kappa shape index (κ3) is 5.79. The first-order valence-corrected chi connectivity index (χ1v) is 15.0. The lowest BCUT2D eigenvalue weighted by atomic mass is 9.98. The zero-order valence-electron chi connectivity index (χ0n) is 22.7. The van der Waals surface area contributed by atoms with E-state index in [1.807, 2.05) is 16.9 Å². The number of piperazine rings is 1. The SMILES string of the molecule is Fc1ccccc1Sc1cnc(N2CCN(C3=NC=NN4CC(c5cnn(C[C@@H]6CNCCO6)c5)CC34)CC2)nc1. The van der Waals surface area contributed by atoms with Crippen LogP contribution in [-0.4, -0.2) is 106 Å². The van der Waals surface area contributed by atoms with Gasteiger partial charge in [-0.2, -0.15) is 10.2 Å². The van der Waals surface area contributed by atoms with Gasteiger partial charge in [0.05, 0.1) is 25.5 Å². The molecule has 1 aromatic carbocycles. The molecule has 3 atom stereocenters. The number of aliphatic imine (C=N–C) groups is 1. The quantitative estimate of drug-likeness (QED) is 0.474. The van der Waals surface area contributed by atoms with Crippen molar-refractivity contribution >= 4 is 29.9 Å². The van der Waals surface area contributed by atoms with E-state index in [-0.39, 0.29) is 18.0 Å². The molecular weight excluding hydrogens is 543 g/mol. The number of fused-ring (bicyclic) bond motifs is 1. The molecule has 3 saturated heterocycles. The molecule has 1 N–H and O–H groups in total. The van der Waals surface area contributed by atoms with E-state index < -0.39 is 0 Å². The lowest BCUT2D eigenvalue weighted by Gasteiger charge is -2.39. The molecule has 6 heterocycles. The zero-order chi connectivity index (χ0) is 27.6. The summed E-state index contributed by atoms with van der Waals surface area (Å²) in [6, 6.07) is 6.91. The molecule has 0 saturated carbocycles. The van der Waals surface area contributed by atoms with Gasteiger partial charge in [0.1, 0.15) is 24.0 Å². The monoisotopic (exact) mass is 576 g/mol. The third-order valence-electron chi connectivity index (χ3n) is 8.05. The summed E-state index contributed by atoms with van der Waals surface area (Å²) in [5.74, 6) is 1.91. The largest absolute Gasteiger partial charge is 0.374 e. The van der Waals surface area contributed by atoms with Crippen LogP contribution in [0.3, 0.4) is 0 Å². The molecule has 11 nitrogen and oxygen atoms in total. The minimum Gasteiger partial charge on any atom is -0.374 e. The van der Waals surface area contributed by atoms with E-state index >= 15 is 0 Å². The summed E-state index contributed by atoms with van der Waals surface area (Å²) in [5.41, 5.74) is 1.25. The van der Waals surface area contributed by atoms with Crippen LogP contribution in [0.25, 0.3) is 0 Å². The predicted molar refractivity (Wildman–Crippen MR) is 155 cm³/mol. The van der Waals surface area contributed by atoms with Crippen molar-refractivity contribution in [3.05, 3.63) is 60.4 Å². The van der Waals surface area contributed by atoms with Crippen molar-refractivity contribution in [3.63, 3.8) is 0 Å². The van der Waals surface area contributed by atoms with E-state index in [2.05, 4.69) is 46.5 Å². The van der Waals surface area contributed by atoms with Crippen LogP contribution in [0.2, 0.25) is 0 Å². The Kier molecular flexibility index (Phi) is 7.55. The number of hydrazone groups is 1. The number of ether oxygens (including phenoxy) is 1. The van der Waals surface area contributed by atoms with E-state index in [0.717, 1.165) is 76.1 Å². The van der Waals surface area contributed by atoms with Gasteiger partial charge in [-0.15, -0.1) is 0 Å². The number of morpholine rings is 1. The normalized spacial score (nSPS) is 24.5. The van der Waals surface area contributed by atoms with Crippen LogP contribution in [-0.2, 0) is 11.3 Å². The standard InChI is InChI=1S/C28H33FN10OS/c29-24-3-1-2-4-26(24)41-23-14-31-28(32-15-23)37-8-6-36(7-9-37)27-25-11-20(17-39(25)35-19-33-27)21-12-34-38(16-21)18-22-13-30-5-10-40-22/h1-4,12,14-16,19-20,22,25,30H,5-11,13,17-18H2/t20?,22-,25?/m0/s1. The summed E-state index contributed by atoms with van der Waals surface area (Å²) in [6.07, 6.45) is 10.5. The molecule has 0 bridgehead atoms. The van der Waals surface area contributed by atoms with Crippen molar-refractivity contribution in [1.82, 2.24) is 35.0 Å². The fourth-order valence-electron chi connectivity index (χ4n) is 5.91. The first kappa shape index (κ1) is 26.4. The van der Waals surface area contributed by atoms with Crippen LogP contribution >= 0.6 is 11.8 Å². The molecule has 4 aliphatic heterocycles. The van der Waals surface area contributed by atoms with Crippen LogP contribution < -0.4 is 10.2 Å². The summed E-state index contributed by atoms with van der Waals surface area (Å²) >= 11 is 1.33. The predicted octanol–water partition coefficient (Wildman–Crippen LogP) is 2.29. The molecule has 3 aromatic rings. The lowest BCUT2D eigenvalue weighted by molar-refractivity contribution is 0.0161. The topological polar surface area (TPSA) is 99.3 Å². The Labute approximate surface area is 242 Å². The maximum absolute atomic E-state index is 14.0. The van der Waals surface area contributed by atoms with Gasteiger partial charge in [0, 0.05) is 80.1 Å². The zero-order valence-corrected chi connectivity index (χ0v) is 23.5. The van der Waals surface area contributed by atoms with E-state index in [4.69, 9.17) is 9.73 Å². The number of hydrogen-bond donors (Lipinski definition) is 1. The number of amidine groups is 1. The lowest BCUT2D eigenvalue weighted by Crippen LogP contribution is -2.54. The van der Waals surface area contributed by atoms with Gasteiger partial charge in [0.2, 0.25) is 5.95 Å². The van der Waals surface area contributed by atoms with Gasteiger partial charge in [0.25, 0.3) is 0 Å². The average Bonchev–Trinajstić information content (AvgIpc) is 3.67. The van der Waals surface area contributed by atoms with E-state index in [1.54, 1.807) is 30.9 Å². The Hall–Kier alpha value is -3.55. The second-order valence-electron chi connectivity index (χ2n) is 10.7. The van der Waals surface area contributed by atoms with Gasteiger partial charge in [-0.1, -0.05) is 23.9 Å². The fraction of sp³-hybridized carbons (Fsp3) is 0.464. The summed E-state index contributed by atoms with van der Waals surface area (Å²) in [6.45, 7) is 7.43. The Bertz CT molecular complexity index is 1400. The highest BCUT2D eigenvalue weighted by Crippen LogP contribution is 2.34. The van der Waals surface area contributed by atoms with Crippen LogP contribution in [0.1, 0.15) is 17.9 Å². The summed E-state index contributed by atoms with van der Waals surface area (Å²) in [5, 5.41) is 14.8. The average molecular weight is 577 g/mol. The van der Waals surface area contributed by atoms with Crippen molar-refractivity contribution in [3.8, 4) is 0 Å². The minimum atomic E-state index is -0.238. The molecular formula is C28H33FN10OS. The van der Waals surface area contributed by atoms with Crippen molar-refractivity contribution in [1.29, 1.82) is 0 Å². The molecule has 7 rings (SSSR count). The Morgan fingerprint density at radius 2 is 1.88 bits per heavy atom. The highest BCUT2D eigenvalue weighted by Gasteiger charge is 2.40. The molecule has 214 valence electrons. The number of rotatable bonds is 6. The van der Waals surface area contributed by atoms with Gasteiger partial charge in [-0.3, -0.25) is 9.69 Å². The number of hydrogen-bond acceptors (Lipinski definition) is 11. The molecule has 4 aliphatic rings. The Balaban J connectivity index is 0.943. The third-order valence-corrected chi connectivity index (χ3v) is 9.05. The summed E-state index contributed by atoms with van der Waals surface area (Å²) < 4.78 is 21.9. The fourth-order valence-corrected chi connectivity index (χ4v) is 6.68. The summed E-state index contributed by atoms with van der Waals surface area (Å²) in [4.78, 5) is 19.8. The number of halogens is 1. The van der Waals surface area contributed by atoms with Crippen molar-refractivity contribution in [2.75, 3.05) is 57.3 Å². The molecule has 2 aromatic heterocycles. The van der Waals surface area contributed by atoms with Gasteiger partial charge in [0.15, 0.2) is 0 Å². The van der Waals surface area contributed by atoms with Crippen molar-refractivity contribution in [2.24, 2.45) is 10.1 Å². The maximum atomic E-state index is 14.0. The number of benzene rings is 1. The first-order valence-electron chi connectivity index (χ1n) is 14.2. The molecule has 3 fully saturated rings. The second-order valence-corrected chi connectivity index (χ2v) is 11.8. The first-order chi connectivity index (χ1) is 20.2. The molecule has 13 heteroatoms. The van der Waals surface area contributed by atoms with E-state index in [1.165, 1.54) is 23.4 Å². The van der Waals surface area contributed by atoms with Crippen LogP contribution in [0.4, 0.5) is 10.3 Å². The molecule has 0 radical (unpaired) electrons. The highest BCUT2D eigenvalue weighted by atomic mass is 32.2. The number of nitrogens with zero attached hydrogens (tertiary/aromatic N) is 9. The van der Waals surface area contributed by atoms with Crippen molar-refractivity contribution in [2.45, 2.75) is 40.8 Å². The van der Waals surface area contributed by atoms with Crippen molar-refractivity contribution < 1.29 is 9.13 Å². The van der Waals surface area contributed by atoms with E-state index in [0.29, 0.717) is 16.8 Å². The highest BCUT2D eigenvalue weighted by molar-refractivity contribution is 7.99. The van der Waals surface area contributed by atoms with Gasteiger partial charge in [-0.05, 0) is 24.1 Å². The summed E-state index contributed by atoms with van der Waals surface area (Å²) in [7, 11) is 0. The van der Waals surface area contributed by atoms with Crippen LogP contribution in [0, 0.1) is 5.82 Å². The van der Waals surface area contributed by atoms with E-state index in [9.17, 15) is 4.39 Å². The minimum absolute atomic E-state index is 0.162. The van der Waals surface area contributed by atoms with Crippen LogP contribution in [0.15, 0.2) is 68.9 Å². The van der Waals surface area contributed by atoms with Gasteiger partial charge >= 0.3 is 0 Å². The number of aromatic nitrogens is 4. The molecule has 2 unspecified atom stereocenters. The smallest absolute Gasteiger partial charge is 0.225 e. The van der Waals surface area contributed by atoms with Crippen LogP contribution in [0.5, 0.6) is 0 Å².